The van der Waals surface area contributed by atoms with Crippen molar-refractivity contribution in [2.24, 2.45) is 7.05 Å². The molecule has 41 heavy (non-hydrogen) atoms. The lowest BCUT2D eigenvalue weighted by atomic mass is 10.0. The highest BCUT2D eigenvalue weighted by Gasteiger charge is 2.14. The molecule has 0 spiro atoms. The van der Waals surface area contributed by atoms with Crippen LogP contribution in [0.4, 0.5) is 0 Å². The fourth-order valence-corrected chi connectivity index (χ4v) is 5.25. The molecule has 9 heteroatoms. The number of carbonyl (C=O) groups is 2. The van der Waals surface area contributed by atoms with E-state index in [0.717, 1.165) is 64.3 Å². The number of hydrogen-bond acceptors (Lipinski definition) is 4. The van der Waals surface area contributed by atoms with Gasteiger partial charge in [-0.2, -0.15) is 4.98 Å². The summed E-state index contributed by atoms with van der Waals surface area (Å²) in [6.45, 7) is 2.45. The molecule has 0 saturated carbocycles. The molecule has 0 aliphatic carbocycles. The third-order valence-corrected chi connectivity index (χ3v) is 7.58. The number of halogens is 1. The Morgan fingerprint density at radius 2 is 1.83 bits per heavy atom. The van der Waals surface area contributed by atoms with E-state index in [0.29, 0.717) is 35.3 Å². The van der Waals surface area contributed by atoms with Crippen molar-refractivity contribution in [1.29, 1.82) is 0 Å². The molecule has 5 aromatic rings. The van der Waals surface area contributed by atoms with E-state index >= 15 is 0 Å². The van der Waals surface area contributed by atoms with Crippen molar-refractivity contribution in [2.45, 2.75) is 45.4 Å². The number of aryl methyl sites for hydroxylation is 2. The van der Waals surface area contributed by atoms with E-state index in [-0.39, 0.29) is 12.3 Å². The maximum absolute atomic E-state index is 12.8. The first kappa shape index (κ1) is 28.2. The van der Waals surface area contributed by atoms with Gasteiger partial charge in [-0.15, -0.1) is 0 Å². The van der Waals surface area contributed by atoms with Crippen LogP contribution in [0.5, 0.6) is 11.8 Å². The quantitative estimate of drug-likeness (QED) is 0.133. The lowest BCUT2D eigenvalue weighted by Gasteiger charge is -2.10. The lowest BCUT2D eigenvalue weighted by Crippen LogP contribution is -2.25. The zero-order valence-electron chi connectivity index (χ0n) is 23.2. The summed E-state index contributed by atoms with van der Waals surface area (Å²) >= 11 is 6.67. The number of carboxylic acid groups (broad SMARTS) is 1. The number of aromatic amines is 1. The molecule has 0 bridgehead atoms. The first-order valence-electron chi connectivity index (χ1n) is 13.8. The molecular formula is C32H33ClN4O4. The summed E-state index contributed by atoms with van der Waals surface area (Å²) in [7, 11) is 2.02. The summed E-state index contributed by atoms with van der Waals surface area (Å²) in [5.41, 5.74) is 5.91. The van der Waals surface area contributed by atoms with Crippen LogP contribution in [-0.2, 0) is 11.8 Å². The Morgan fingerprint density at radius 1 is 1.02 bits per heavy atom. The number of rotatable bonds is 12. The highest BCUT2D eigenvalue weighted by Crippen LogP contribution is 2.34. The fourth-order valence-electron chi connectivity index (χ4n) is 4.98. The molecule has 1 amide bonds. The van der Waals surface area contributed by atoms with E-state index < -0.39 is 5.97 Å². The van der Waals surface area contributed by atoms with Gasteiger partial charge in [0.15, 0.2) is 0 Å². The number of carbonyl (C=O) groups excluding carboxylic acids is 1. The monoisotopic (exact) mass is 572 g/mol. The summed E-state index contributed by atoms with van der Waals surface area (Å²) in [6.07, 6.45) is 6.57. The Labute approximate surface area is 243 Å². The van der Waals surface area contributed by atoms with Gasteiger partial charge in [-0.1, -0.05) is 43.0 Å². The average Bonchev–Trinajstić information content (AvgIpc) is 3.51. The summed E-state index contributed by atoms with van der Waals surface area (Å²) in [4.78, 5) is 31.2. The van der Waals surface area contributed by atoms with Crippen molar-refractivity contribution in [3.63, 3.8) is 0 Å². The first-order chi connectivity index (χ1) is 19.8. The number of aliphatic carboxylic acids is 1. The van der Waals surface area contributed by atoms with Crippen molar-refractivity contribution in [3.05, 3.63) is 76.9 Å². The molecule has 2 aromatic heterocycles. The van der Waals surface area contributed by atoms with Crippen molar-refractivity contribution in [3.8, 4) is 22.9 Å². The number of carboxylic acids is 1. The number of unbranched alkanes of at least 4 members (excludes halogenated alkanes) is 4. The number of nitrogens with zero attached hydrogens (tertiary/aromatic N) is 2. The van der Waals surface area contributed by atoms with Crippen LogP contribution in [-0.4, -0.2) is 38.1 Å². The number of hydrogen-bond donors (Lipinski definition) is 3. The number of aromatic nitrogens is 3. The maximum Gasteiger partial charge on any atom is 0.303 e. The van der Waals surface area contributed by atoms with Crippen LogP contribution in [0.2, 0.25) is 5.02 Å². The van der Waals surface area contributed by atoms with Gasteiger partial charge in [0, 0.05) is 48.2 Å². The predicted molar refractivity (Wildman–Crippen MR) is 162 cm³/mol. The van der Waals surface area contributed by atoms with Crippen molar-refractivity contribution < 1.29 is 19.4 Å². The van der Waals surface area contributed by atoms with Crippen LogP contribution in [0.1, 0.15) is 54.4 Å². The van der Waals surface area contributed by atoms with Gasteiger partial charge in [0.25, 0.3) is 11.9 Å². The molecule has 2 heterocycles. The van der Waals surface area contributed by atoms with E-state index in [4.69, 9.17) is 21.4 Å². The highest BCUT2D eigenvalue weighted by atomic mass is 35.5. The molecule has 0 aliphatic heterocycles. The smallest absolute Gasteiger partial charge is 0.303 e. The third kappa shape index (κ3) is 6.72. The minimum atomic E-state index is -0.755. The Bertz CT molecular complexity index is 1720. The lowest BCUT2D eigenvalue weighted by molar-refractivity contribution is -0.137. The van der Waals surface area contributed by atoms with Crippen molar-refractivity contribution in [1.82, 2.24) is 19.9 Å². The molecule has 0 radical (unpaired) electrons. The maximum atomic E-state index is 12.8. The standard InChI is InChI=1S/C32H33ClN4O4/c1-20-9-11-23(17-24(20)31(40)34-14-7-5-3-4-6-8-30(38)39)41-32-35-27-18-25(26(33)19-28(27)36-32)21-10-12-29-22(16-21)13-15-37(29)2/h9-13,15-19H,3-8,14H2,1-2H3,(H,34,40)(H,35,36)(H,38,39). The van der Waals surface area contributed by atoms with Gasteiger partial charge in [0.2, 0.25) is 0 Å². The van der Waals surface area contributed by atoms with Crippen LogP contribution < -0.4 is 10.1 Å². The summed E-state index contributed by atoms with van der Waals surface area (Å²) in [5, 5.41) is 13.4. The molecule has 8 nitrogen and oxygen atoms in total. The van der Waals surface area contributed by atoms with Gasteiger partial charge in [-0.3, -0.25) is 9.59 Å². The van der Waals surface area contributed by atoms with Crippen molar-refractivity contribution >= 4 is 45.4 Å². The SMILES string of the molecule is Cc1ccc(Oc2nc3cc(-c4ccc5c(ccn5C)c4)c(Cl)cc3[nH]2)cc1C(=O)NCCCCCCCC(=O)O. The molecule has 0 unspecified atom stereocenters. The van der Waals surface area contributed by atoms with Gasteiger partial charge in [0.1, 0.15) is 5.75 Å². The fraction of sp³-hybridized carbons (Fsp3) is 0.281. The Morgan fingerprint density at radius 3 is 2.66 bits per heavy atom. The molecule has 0 aliphatic rings. The largest absolute Gasteiger partial charge is 0.481 e. The van der Waals surface area contributed by atoms with Crippen LogP contribution in [0.3, 0.4) is 0 Å². The molecule has 0 atom stereocenters. The van der Waals surface area contributed by atoms with Gasteiger partial charge in [-0.05, 0) is 73.4 Å². The number of ether oxygens (including phenoxy) is 1. The van der Waals surface area contributed by atoms with Crippen molar-refractivity contribution in [2.75, 3.05) is 6.54 Å². The van der Waals surface area contributed by atoms with E-state index in [9.17, 15) is 9.59 Å². The third-order valence-electron chi connectivity index (χ3n) is 7.27. The first-order valence-corrected chi connectivity index (χ1v) is 14.2. The van der Waals surface area contributed by atoms with Gasteiger partial charge < -0.3 is 24.7 Å². The van der Waals surface area contributed by atoms with Gasteiger partial charge in [-0.25, -0.2) is 0 Å². The second kappa shape index (κ2) is 12.5. The Balaban J connectivity index is 1.23. The number of nitrogens with one attached hydrogen (secondary N) is 2. The molecular weight excluding hydrogens is 540 g/mol. The number of H-pyrrole nitrogens is 1. The molecule has 3 aromatic carbocycles. The highest BCUT2D eigenvalue weighted by molar-refractivity contribution is 6.34. The van der Waals surface area contributed by atoms with Crippen LogP contribution in [0.15, 0.2) is 60.8 Å². The minimum Gasteiger partial charge on any atom is -0.481 e. The molecule has 0 saturated heterocycles. The van der Waals surface area contributed by atoms with Crippen LogP contribution in [0.25, 0.3) is 33.1 Å². The topological polar surface area (TPSA) is 109 Å². The summed E-state index contributed by atoms with van der Waals surface area (Å²) in [5.74, 6) is -0.413. The molecule has 5 rings (SSSR count). The second-order valence-electron chi connectivity index (χ2n) is 10.3. The number of amides is 1. The number of imidazole rings is 1. The molecule has 0 fully saturated rings. The Kier molecular flexibility index (Phi) is 8.59. The summed E-state index contributed by atoms with van der Waals surface area (Å²) in [6, 6.07) is 17.8. The Hall–Kier alpha value is -4.30. The normalized spacial score (nSPS) is 11.3. The van der Waals surface area contributed by atoms with E-state index in [1.807, 2.05) is 44.4 Å². The zero-order chi connectivity index (χ0) is 28.9. The van der Waals surface area contributed by atoms with E-state index in [1.54, 1.807) is 6.07 Å². The number of fused-ring (bicyclic) bond motifs is 2. The predicted octanol–water partition coefficient (Wildman–Crippen LogP) is 7.63. The van der Waals surface area contributed by atoms with Gasteiger partial charge in [0.05, 0.1) is 16.1 Å². The van der Waals surface area contributed by atoms with Crippen LogP contribution >= 0.6 is 11.6 Å². The molecule has 3 N–H and O–H groups in total. The van der Waals surface area contributed by atoms with Crippen LogP contribution in [0, 0.1) is 6.92 Å². The summed E-state index contributed by atoms with van der Waals surface area (Å²) < 4.78 is 8.10. The van der Waals surface area contributed by atoms with E-state index in [2.05, 4.69) is 44.1 Å². The average molecular weight is 573 g/mol. The zero-order valence-corrected chi connectivity index (χ0v) is 23.9. The van der Waals surface area contributed by atoms with Gasteiger partial charge >= 0.3 is 5.97 Å². The minimum absolute atomic E-state index is 0.157. The van der Waals surface area contributed by atoms with E-state index in [1.165, 1.54) is 0 Å². The number of benzene rings is 3. The molecule has 212 valence electrons. The second-order valence-corrected chi connectivity index (χ2v) is 10.7.